The summed E-state index contributed by atoms with van der Waals surface area (Å²) in [6.45, 7) is 4.23. The van der Waals surface area contributed by atoms with Crippen molar-refractivity contribution in [2.45, 2.75) is 0 Å². The minimum atomic E-state index is 1.06. The van der Waals surface area contributed by atoms with Gasteiger partial charge in [-0.1, -0.05) is 0 Å². The molecule has 2 heterocycles. The molecule has 72 valence electrons. The Morgan fingerprint density at radius 1 is 1.46 bits per heavy atom. The highest BCUT2D eigenvalue weighted by Crippen LogP contribution is 2.24. The van der Waals surface area contributed by atoms with Crippen LogP contribution in [0.1, 0.15) is 0 Å². The molecule has 0 amide bonds. The van der Waals surface area contributed by atoms with E-state index in [1.807, 2.05) is 17.9 Å². The first kappa shape index (κ1) is 9.02. The summed E-state index contributed by atoms with van der Waals surface area (Å²) in [5.74, 6) is 0. The lowest BCUT2D eigenvalue weighted by Crippen LogP contribution is -2.43. The quantitative estimate of drug-likeness (QED) is 0.786. The summed E-state index contributed by atoms with van der Waals surface area (Å²) in [5.41, 5.74) is 1.20. The van der Waals surface area contributed by atoms with E-state index in [2.05, 4.69) is 31.2 Å². The van der Waals surface area contributed by atoms with Gasteiger partial charge in [-0.05, 0) is 15.9 Å². The SMILES string of the molecule is Cn1ncc(N2CCNCC2)c1Br. The Bertz CT molecular complexity index is 290. The molecule has 1 saturated heterocycles. The first-order chi connectivity index (χ1) is 6.29. The molecule has 1 aromatic rings. The van der Waals surface area contributed by atoms with Crippen molar-refractivity contribution in [1.82, 2.24) is 15.1 Å². The molecule has 1 aliphatic heterocycles. The number of piperazine rings is 1. The maximum atomic E-state index is 4.20. The monoisotopic (exact) mass is 244 g/mol. The Morgan fingerprint density at radius 2 is 2.15 bits per heavy atom. The normalized spacial score (nSPS) is 17.8. The van der Waals surface area contributed by atoms with Gasteiger partial charge in [0.05, 0.1) is 11.9 Å². The number of hydrogen-bond donors (Lipinski definition) is 1. The average molecular weight is 245 g/mol. The summed E-state index contributed by atoms with van der Waals surface area (Å²) in [7, 11) is 1.94. The topological polar surface area (TPSA) is 33.1 Å². The van der Waals surface area contributed by atoms with Crippen molar-refractivity contribution in [3.63, 3.8) is 0 Å². The third kappa shape index (κ3) is 1.71. The van der Waals surface area contributed by atoms with Crippen molar-refractivity contribution in [2.75, 3.05) is 31.1 Å². The molecule has 0 spiro atoms. The van der Waals surface area contributed by atoms with Crippen LogP contribution in [-0.4, -0.2) is 36.0 Å². The van der Waals surface area contributed by atoms with Crippen molar-refractivity contribution in [3.8, 4) is 0 Å². The Labute approximate surface area is 86.0 Å². The third-order valence-electron chi connectivity index (χ3n) is 2.31. The Hall–Kier alpha value is -0.550. The highest BCUT2D eigenvalue weighted by atomic mass is 79.9. The van der Waals surface area contributed by atoms with Gasteiger partial charge in [0.1, 0.15) is 4.60 Å². The number of aromatic nitrogens is 2. The van der Waals surface area contributed by atoms with E-state index in [9.17, 15) is 0 Å². The second kappa shape index (κ2) is 3.67. The predicted octanol–water partition coefficient (Wildman–Crippen LogP) is 0.592. The summed E-state index contributed by atoms with van der Waals surface area (Å²) in [4.78, 5) is 2.34. The van der Waals surface area contributed by atoms with Gasteiger partial charge in [0.15, 0.2) is 0 Å². The van der Waals surface area contributed by atoms with E-state index in [1.54, 1.807) is 0 Å². The maximum absolute atomic E-state index is 4.20. The molecule has 2 rings (SSSR count). The van der Waals surface area contributed by atoms with Crippen LogP contribution < -0.4 is 10.2 Å². The number of hydrogen-bond acceptors (Lipinski definition) is 3. The molecular weight excluding hydrogens is 232 g/mol. The molecule has 5 heteroatoms. The molecule has 1 fully saturated rings. The zero-order valence-corrected chi connectivity index (χ0v) is 9.21. The maximum Gasteiger partial charge on any atom is 0.127 e. The van der Waals surface area contributed by atoms with Crippen LogP contribution in [0.4, 0.5) is 5.69 Å². The minimum absolute atomic E-state index is 1.06. The highest BCUT2D eigenvalue weighted by Gasteiger charge is 2.15. The van der Waals surface area contributed by atoms with E-state index in [-0.39, 0.29) is 0 Å². The highest BCUT2D eigenvalue weighted by molar-refractivity contribution is 9.10. The summed E-state index contributed by atoms with van der Waals surface area (Å²) in [5, 5.41) is 7.53. The first-order valence-electron chi connectivity index (χ1n) is 4.42. The molecule has 0 atom stereocenters. The van der Waals surface area contributed by atoms with Crippen molar-refractivity contribution in [3.05, 3.63) is 10.8 Å². The number of anilines is 1. The van der Waals surface area contributed by atoms with Gasteiger partial charge in [0.25, 0.3) is 0 Å². The van der Waals surface area contributed by atoms with Gasteiger partial charge in [0, 0.05) is 33.2 Å². The fourth-order valence-corrected chi connectivity index (χ4v) is 1.97. The number of nitrogens with zero attached hydrogens (tertiary/aromatic N) is 3. The van der Waals surface area contributed by atoms with E-state index in [1.165, 1.54) is 5.69 Å². The molecule has 0 unspecified atom stereocenters. The van der Waals surface area contributed by atoms with Crippen LogP contribution in [0.2, 0.25) is 0 Å². The first-order valence-corrected chi connectivity index (χ1v) is 5.21. The van der Waals surface area contributed by atoms with Gasteiger partial charge in [-0.2, -0.15) is 5.10 Å². The lowest BCUT2D eigenvalue weighted by molar-refractivity contribution is 0.588. The zero-order chi connectivity index (χ0) is 9.26. The summed E-state index contributed by atoms with van der Waals surface area (Å²) >= 11 is 3.52. The number of aryl methyl sites for hydroxylation is 1. The summed E-state index contributed by atoms with van der Waals surface area (Å²) in [6, 6.07) is 0. The van der Waals surface area contributed by atoms with Crippen molar-refractivity contribution < 1.29 is 0 Å². The second-order valence-electron chi connectivity index (χ2n) is 3.18. The van der Waals surface area contributed by atoms with Crippen LogP contribution in [-0.2, 0) is 7.05 Å². The number of nitrogens with one attached hydrogen (secondary N) is 1. The molecule has 0 bridgehead atoms. The van der Waals surface area contributed by atoms with Crippen molar-refractivity contribution in [1.29, 1.82) is 0 Å². The second-order valence-corrected chi connectivity index (χ2v) is 3.93. The molecule has 13 heavy (non-hydrogen) atoms. The van der Waals surface area contributed by atoms with E-state index in [4.69, 9.17) is 0 Å². The molecule has 4 nitrogen and oxygen atoms in total. The average Bonchev–Trinajstić information content (AvgIpc) is 2.49. The van der Waals surface area contributed by atoms with Gasteiger partial charge in [-0.3, -0.25) is 4.68 Å². The van der Waals surface area contributed by atoms with Crippen molar-refractivity contribution >= 4 is 21.6 Å². The van der Waals surface area contributed by atoms with Gasteiger partial charge in [0.2, 0.25) is 0 Å². The van der Waals surface area contributed by atoms with Crippen LogP contribution in [0.25, 0.3) is 0 Å². The fraction of sp³-hybridized carbons (Fsp3) is 0.625. The minimum Gasteiger partial charge on any atom is -0.366 e. The molecule has 1 aromatic heterocycles. The zero-order valence-electron chi connectivity index (χ0n) is 7.63. The number of halogens is 1. The van der Waals surface area contributed by atoms with E-state index < -0.39 is 0 Å². The predicted molar refractivity (Wildman–Crippen MR) is 56.0 cm³/mol. The lowest BCUT2D eigenvalue weighted by Gasteiger charge is -2.28. The standard InChI is InChI=1S/C8H13BrN4/c1-12-8(9)7(6-11-12)13-4-2-10-3-5-13/h6,10H,2-5H2,1H3. The van der Waals surface area contributed by atoms with Gasteiger partial charge >= 0.3 is 0 Å². The lowest BCUT2D eigenvalue weighted by atomic mass is 10.3. The summed E-state index contributed by atoms with van der Waals surface area (Å²) < 4.78 is 2.91. The van der Waals surface area contributed by atoms with Crippen LogP contribution in [0.3, 0.4) is 0 Å². The van der Waals surface area contributed by atoms with E-state index in [0.717, 1.165) is 30.8 Å². The molecule has 0 aliphatic carbocycles. The van der Waals surface area contributed by atoms with E-state index in [0.29, 0.717) is 0 Å². The fourth-order valence-electron chi connectivity index (χ4n) is 1.53. The third-order valence-corrected chi connectivity index (χ3v) is 3.23. The molecule has 1 aliphatic rings. The Balaban J connectivity index is 2.18. The van der Waals surface area contributed by atoms with Crippen LogP contribution in [0, 0.1) is 0 Å². The van der Waals surface area contributed by atoms with Gasteiger partial charge < -0.3 is 10.2 Å². The Kier molecular flexibility index (Phi) is 2.55. The van der Waals surface area contributed by atoms with Crippen LogP contribution in [0.15, 0.2) is 10.8 Å². The van der Waals surface area contributed by atoms with Crippen LogP contribution >= 0.6 is 15.9 Å². The molecule has 0 saturated carbocycles. The van der Waals surface area contributed by atoms with Gasteiger partial charge in [-0.25, -0.2) is 0 Å². The van der Waals surface area contributed by atoms with E-state index >= 15 is 0 Å². The number of rotatable bonds is 1. The van der Waals surface area contributed by atoms with Crippen molar-refractivity contribution in [2.24, 2.45) is 7.05 Å². The molecule has 1 N–H and O–H groups in total. The molecule has 0 aromatic carbocycles. The largest absolute Gasteiger partial charge is 0.366 e. The Morgan fingerprint density at radius 3 is 2.69 bits per heavy atom. The smallest absolute Gasteiger partial charge is 0.127 e. The van der Waals surface area contributed by atoms with Crippen LogP contribution in [0.5, 0.6) is 0 Å². The molecular formula is C8H13BrN4. The van der Waals surface area contributed by atoms with Gasteiger partial charge in [-0.15, -0.1) is 0 Å². The molecule has 0 radical (unpaired) electrons. The summed E-state index contributed by atoms with van der Waals surface area (Å²) in [6.07, 6.45) is 1.91.